The number of nitrogens with one attached hydrogen (secondary N) is 2. The highest BCUT2D eigenvalue weighted by molar-refractivity contribution is 7.20. The molecular weight excluding hydrogens is 526 g/mol. The first-order valence-electron chi connectivity index (χ1n) is 13.4. The molecule has 7 nitrogen and oxygen atoms in total. The van der Waals surface area contributed by atoms with Crippen LogP contribution in [0.1, 0.15) is 35.4 Å². The number of hydrogen-bond donors (Lipinski definition) is 2. The minimum absolute atomic E-state index is 0.131. The second-order valence-electron chi connectivity index (χ2n) is 9.74. The van der Waals surface area contributed by atoms with E-state index in [1.165, 1.54) is 39.9 Å². The summed E-state index contributed by atoms with van der Waals surface area (Å²) in [5.74, 6) is 0.882. The number of anilines is 2. The number of hydrogen-bond acceptors (Lipinski definition) is 7. The molecule has 1 amide bonds. The lowest BCUT2D eigenvalue weighted by Gasteiger charge is -2.36. The van der Waals surface area contributed by atoms with Gasteiger partial charge < -0.3 is 15.0 Å². The Morgan fingerprint density at radius 1 is 1.18 bits per heavy atom. The largest absolute Gasteiger partial charge is 0.453 e. The van der Waals surface area contributed by atoms with Crippen molar-refractivity contribution < 1.29 is 9.53 Å². The van der Waals surface area contributed by atoms with Crippen molar-refractivity contribution in [2.75, 3.05) is 50.1 Å². The summed E-state index contributed by atoms with van der Waals surface area (Å²) in [7, 11) is 1.40. The van der Waals surface area contributed by atoms with Gasteiger partial charge in [-0.15, -0.1) is 22.7 Å². The molecule has 1 aromatic carbocycles. The van der Waals surface area contributed by atoms with E-state index in [-0.39, 0.29) is 6.04 Å². The fourth-order valence-electron chi connectivity index (χ4n) is 5.09. The number of ether oxygens (including phenoxy) is 1. The van der Waals surface area contributed by atoms with Crippen LogP contribution in [-0.2, 0) is 11.2 Å². The Hall–Kier alpha value is -3.14. The van der Waals surface area contributed by atoms with Gasteiger partial charge in [0.1, 0.15) is 10.8 Å². The molecule has 1 aliphatic heterocycles. The van der Waals surface area contributed by atoms with Crippen LogP contribution in [0, 0.1) is 13.8 Å². The molecular formula is C30H39N5O2S2. The number of carbonyl (C=O) groups excluding carboxylic acids is 1. The Bertz CT molecular complexity index is 1310. The topological polar surface area (TPSA) is 69.2 Å². The summed E-state index contributed by atoms with van der Waals surface area (Å²) in [6, 6.07) is 10.6. The molecule has 2 N–H and O–H groups in total. The van der Waals surface area contributed by atoms with Crippen molar-refractivity contribution in [1.82, 2.24) is 10.2 Å². The number of carbonyl (C=O) groups is 1. The van der Waals surface area contributed by atoms with Crippen molar-refractivity contribution in [3.05, 3.63) is 70.1 Å². The number of amides is 1. The van der Waals surface area contributed by atoms with Gasteiger partial charge in [-0.2, -0.15) is 0 Å². The maximum atomic E-state index is 11.8. The molecule has 3 aromatic rings. The number of amidine groups is 1. The molecule has 9 heteroatoms. The molecule has 1 atom stereocenters. The molecule has 1 aliphatic rings. The second-order valence-corrected chi connectivity index (χ2v) is 11.6. The van der Waals surface area contributed by atoms with Crippen molar-refractivity contribution in [2.45, 2.75) is 40.2 Å². The van der Waals surface area contributed by atoms with E-state index in [2.05, 4.69) is 84.4 Å². The number of piperazine rings is 1. The van der Waals surface area contributed by atoms with E-state index in [0.717, 1.165) is 54.9 Å². The Morgan fingerprint density at radius 2 is 1.90 bits per heavy atom. The highest BCUT2D eigenvalue weighted by atomic mass is 32.1. The average molecular weight is 566 g/mol. The van der Waals surface area contributed by atoms with E-state index in [9.17, 15) is 4.79 Å². The van der Waals surface area contributed by atoms with Gasteiger partial charge in [0.2, 0.25) is 0 Å². The van der Waals surface area contributed by atoms with E-state index < -0.39 is 6.09 Å². The minimum Gasteiger partial charge on any atom is -0.453 e. The third kappa shape index (κ3) is 6.72. The quantitative estimate of drug-likeness (QED) is 0.228. The zero-order valence-corrected chi connectivity index (χ0v) is 25.2. The van der Waals surface area contributed by atoms with Crippen LogP contribution in [0.15, 0.2) is 53.5 Å². The molecule has 208 valence electrons. The van der Waals surface area contributed by atoms with Crippen LogP contribution in [0.4, 0.5) is 14.8 Å². The van der Waals surface area contributed by atoms with Crippen molar-refractivity contribution in [3.63, 3.8) is 0 Å². The van der Waals surface area contributed by atoms with Gasteiger partial charge in [0.25, 0.3) is 0 Å². The standard InChI is InChI=1S/C30H39N5O2S2/c1-7-24-22(5)29(39-28(24)33-30(36)37-6)35-16-14-34(15-17-35)18-20(3)32-27(31-8-2)26-21(4)25(19-38-26)23-12-10-9-11-13-23/h8-13,19-20H,2,7,14-18H2,1,3-6H3,(H,31,32)(H,33,36)/t20-/m0/s1. The maximum absolute atomic E-state index is 11.8. The van der Waals surface area contributed by atoms with Crippen LogP contribution < -0.4 is 15.5 Å². The molecule has 4 rings (SSSR count). The molecule has 0 saturated carbocycles. The lowest BCUT2D eigenvalue weighted by Crippen LogP contribution is -2.48. The first kappa shape index (κ1) is 28.9. The van der Waals surface area contributed by atoms with Gasteiger partial charge >= 0.3 is 6.09 Å². The smallest absolute Gasteiger partial charge is 0.411 e. The van der Waals surface area contributed by atoms with E-state index in [4.69, 9.17) is 9.73 Å². The second kappa shape index (κ2) is 13.3. The zero-order chi connectivity index (χ0) is 27.9. The zero-order valence-electron chi connectivity index (χ0n) is 23.5. The number of rotatable bonds is 9. The summed E-state index contributed by atoms with van der Waals surface area (Å²) in [6.07, 6.45) is 2.16. The molecule has 0 spiro atoms. The summed E-state index contributed by atoms with van der Waals surface area (Å²) in [5.41, 5.74) is 6.15. The lowest BCUT2D eigenvalue weighted by atomic mass is 10.0. The van der Waals surface area contributed by atoms with Gasteiger partial charge in [-0.25, -0.2) is 4.79 Å². The summed E-state index contributed by atoms with van der Waals surface area (Å²) < 4.78 is 4.81. The maximum Gasteiger partial charge on any atom is 0.411 e. The number of aliphatic imine (C=N–C) groups is 1. The van der Waals surface area contributed by atoms with Gasteiger partial charge in [0.05, 0.1) is 23.0 Å². The number of methoxy groups -OCH3 is 1. The predicted molar refractivity (Wildman–Crippen MR) is 167 cm³/mol. The average Bonchev–Trinajstić information content (AvgIpc) is 3.48. The molecule has 2 aromatic heterocycles. The Balaban J connectivity index is 1.41. The number of thiophene rings is 2. The van der Waals surface area contributed by atoms with Crippen molar-refractivity contribution in [1.29, 1.82) is 0 Å². The van der Waals surface area contributed by atoms with Crippen LogP contribution >= 0.6 is 22.7 Å². The molecule has 0 unspecified atom stereocenters. The van der Waals surface area contributed by atoms with E-state index in [1.807, 2.05) is 6.07 Å². The monoisotopic (exact) mass is 565 g/mol. The Labute approximate surface area is 240 Å². The fraction of sp³-hybridized carbons (Fsp3) is 0.400. The molecule has 0 radical (unpaired) electrons. The highest BCUT2D eigenvalue weighted by Crippen LogP contribution is 2.40. The Morgan fingerprint density at radius 3 is 2.54 bits per heavy atom. The van der Waals surface area contributed by atoms with E-state index in [1.54, 1.807) is 28.9 Å². The van der Waals surface area contributed by atoms with Gasteiger partial charge in [-0.1, -0.05) is 43.8 Å². The lowest BCUT2D eigenvalue weighted by molar-refractivity contribution is 0.187. The van der Waals surface area contributed by atoms with Crippen LogP contribution in [0.25, 0.3) is 11.1 Å². The summed E-state index contributed by atoms with van der Waals surface area (Å²) in [4.78, 5) is 23.0. The van der Waals surface area contributed by atoms with Crippen molar-refractivity contribution in [3.8, 4) is 11.1 Å². The number of nitrogens with zero attached hydrogens (tertiary/aromatic N) is 3. The van der Waals surface area contributed by atoms with Crippen molar-refractivity contribution >= 4 is 44.6 Å². The first-order chi connectivity index (χ1) is 18.9. The van der Waals surface area contributed by atoms with Crippen LogP contribution in [0.3, 0.4) is 0 Å². The molecule has 0 aliphatic carbocycles. The molecule has 1 fully saturated rings. The molecule has 39 heavy (non-hydrogen) atoms. The summed E-state index contributed by atoms with van der Waals surface area (Å²) in [6.45, 7) is 17.2. The van der Waals surface area contributed by atoms with Gasteiger partial charge in [0, 0.05) is 32.7 Å². The molecule has 1 saturated heterocycles. The van der Waals surface area contributed by atoms with Crippen LogP contribution in [0.2, 0.25) is 0 Å². The van der Waals surface area contributed by atoms with Crippen LogP contribution in [0.5, 0.6) is 0 Å². The fourth-order valence-corrected chi connectivity index (χ4v) is 7.48. The number of benzene rings is 1. The summed E-state index contributed by atoms with van der Waals surface area (Å²) in [5, 5.41) is 10.5. The first-order valence-corrected chi connectivity index (χ1v) is 15.1. The molecule has 3 heterocycles. The third-order valence-electron chi connectivity index (χ3n) is 7.11. The van der Waals surface area contributed by atoms with Gasteiger partial charge in [-0.05, 0) is 66.6 Å². The Kier molecular flexibility index (Phi) is 9.83. The van der Waals surface area contributed by atoms with Gasteiger partial charge in [0.15, 0.2) is 0 Å². The van der Waals surface area contributed by atoms with E-state index in [0.29, 0.717) is 0 Å². The minimum atomic E-state index is -0.420. The highest BCUT2D eigenvalue weighted by Gasteiger charge is 2.24. The molecule has 0 bridgehead atoms. The third-order valence-corrected chi connectivity index (χ3v) is 9.51. The van der Waals surface area contributed by atoms with Crippen molar-refractivity contribution in [2.24, 2.45) is 4.99 Å². The van der Waals surface area contributed by atoms with Crippen LogP contribution in [-0.4, -0.2) is 62.7 Å². The SMILES string of the molecule is C=CNC(=N[C@@H](C)CN1CCN(c2sc(NC(=O)OC)c(CC)c2C)CC1)c1scc(-c2ccccc2)c1C. The van der Waals surface area contributed by atoms with E-state index >= 15 is 0 Å². The predicted octanol–water partition coefficient (Wildman–Crippen LogP) is 6.52. The normalized spacial score (nSPS) is 15.2. The summed E-state index contributed by atoms with van der Waals surface area (Å²) >= 11 is 3.37. The van der Waals surface area contributed by atoms with Gasteiger partial charge in [-0.3, -0.25) is 15.2 Å².